The first kappa shape index (κ1) is 19.0. The van der Waals surface area contributed by atoms with Crippen molar-refractivity contribution in [1.82, 2.24) is 19.4 Å². The van der Waals surface area contributed by atoms with Crippen molar-refractivity contribution in [2.45, 2.75) is 6.54 Å². The molecule has 7 nitrogen and oxygen atoms in total. The molecule has 0 amide bonds. The number of hydrogen-bond acceptors (Lipinski definition) is 5. The molecule has 1 fully saturated rings. The van der Waals surface area contributed by atoms with Gasteiger partial charge < -0.3 is 23.8 Å². The summed E-state index contributed by atoms with van der Waals surface area (Å²) in [4.78, 5) is 10.4. The smallest absolute Gasteiger partial charge is 0.162 e. The monoisotopic (exact) mass is 406 g/mol. The first-order chi connectivity index (χ1) is 14.8. The predicted molar refractivity (Wildman–Crippen MR) is 117 cm³/mol. The van der Waals surface area contributed by atoms with Crippen molar-refractivity contribution in [3.8, 4) is 22.8 Å². The van der Waals surface area contributed by atoms with Crippen LogP contribution in [-0.4, -0.2) is 66.5 Å². The van der Waals surface area contributed by atoms with Crippen LogP contribution in [0.1, 0.15) is 0 Å². The summed E-state index contributed by atoms with van der Waals surface area (Å²) in [7, 11) is 3.35. The van der Waals surface area contributed by atoms with Gasteiger partial charge in [-0.05, 0) is 24.3 Å². The summed E-state index contributed by atoms with van der Waals surface area (Å²) in [5, 5.41) is 2.23. The highest BCUT2D eigenvalue weighted by molar-refractivity contribution is 5.99. The van der Waals surface area contributed by atoms with Crippen LogP contribution in [0.3, 0.4) is 0 Å². The Morgan fingerprint density at radius 1 is 1.07 bits per heavy atom. The van der Waals surface area contributed by atoms with Crippen LogP contribution < -0.4 is 9.47 Å². The normalized spacial score (nSPS) is 15.1. The van der Waals surface area contributed by atoms with E-state index >= 15 is 0 Å². The minimum absolute atomic E-state index is 0.728. The Morgan fingerprint density at radius 2 is 1.87 bits per heavy atom. The molecule has 1 aliphatic heterocycles. The van der Waals surface area contributed by atoms with Gasteiger partial charge in [0, 0.05) is 66.7 Å². The molecule has 4 heterocycles. The maximum atomic E-state index is 5.58. The van der Waals surface area contributed by atoms with E-state index in [0.717, 1.165) is 84.1 Å². The van der Waals surface area contributed by atoms with E-state index in [1.807, 2.05) is 12.3 Å². The Morgan fingerprint density at radius 3 is 2.63 bits per heavy atom. The molecule has 30 heavy (non-hydrogen) atoms. The molecule has 0 aliphatic carbocycles. The lowest BCUT2D eigenvalue weighted by Crippen LogP contribution is -2.38. The zero-order valence-electron chi connectivity index (χ0n) is 17.4. The van der Waals surface area contributed by atoms with Crippen molar-refractivity contribution in [3.05, 3.63) is 42.7 Å². The zero-order chi connectivity index (χ0) is 20.5. The second kappa shape index (κ2) is 8.01. The molecule has 7 heteroatoms. The van der Waals surface area contributed by atoms with Crippen molar-refractivity contribution < 1.29 is 14.2 Å². The highest BCUT2D eigenvalue weighted by atomic mass is 16.5. The second-order valence-electron chi connectivity index (χ2n) is 7.54. The average Bonchev–Trinajstić information content (AvgIpc) is 3.38. The largest absolute Gasteiger partial charge is 0.493 e. The molecule has 1 saturated heterocycles. The first-order valence-corrected chi connectivity index (χ1v) is 10.3. The Hall–Kier alpha value is -3.03. The average molecular weight is 406 g/mol. The van der Waals surface area contributed by atoms with E-state index in [2.05, 4.69) is 49.9 Å². The van der Waals surface area contributed by atoms with Gasteiger partial charge in [0.05, 0.1) is 33.0 Å². The van der Waals surface area contributed by atoms with Crippen LogP contribution in [0.25, 0.3) is 33.2 Å². The van der Waals surface area contributed by atoms with Crippen molar-refractivity contribution in [1.29, 1.82) is 0 Å². The van der Waals surface area contributed by atoms with Crippen molar-refractivity contribution in [2.24, 2.45) is 0 Å². The molecular formula is C23H26N4O3. The minimum atomic E-state index is 0.728. The molecule has 5 rings (SSSR count). The number of pyridine rings is 1. The highest BCUT2D eigenvalue weighted by Gasteiger charge is 2.18. The molecule has 156 valence electrons. The molecule has 1 aromatic carbocycles. The fourth-order valence-corrected chi connectivity index (χ4v) is 4.19. The van der Waals surface area contributed by atoms with Crippen LogP contribution in [0.4, 0.5) is 0 Å². The lowest BCUT2D eigenvalue weighted by molar-refractivity contribution is 0.0365. The van der Waals surface area contributed by atoms with Gasteiger partial charge in [-0.3, -0.25) is 4.90 Å². The van der Waals surface area contributed by atoms with Crippen LogP contribution in [0.5, 0.6) is 11.5 Å². The highest BCUT2D eigenvalue weighted by Crippen LogP contribution is 2.38. The van der Waals surface area contributed by atoms with Crippen molar-refractivity contribution >= 4 is 21.9 Å². The number of hydrogen-bond donors (Lipinski definition) is 1. The van der Waals surface area contributed by atoms with Gasteiger partial charge in [-0.2, -0.15) is 0 Å². The Balaban J connectivity index is 1.59. The number of fused-ring (bicyclic) bond motifs is 2. The number of aromatic amines is 1. The predicted octanol–water partition coefficient (Wildman–Crippen LogP) is 3.53. The number of nitrogens with zero attached hydrogens (tertiary/aromatic N) is 3. The number of benzene rings is 1. The van der Waals surface area contributed by atoms with Gasteiger partial charge in [0.25, 0.3) is 0 Å². The number of morpholine rings is 1. The van der Waals surface area contributed by atoms with E-state index in [1.165, 1.54) is 0 Å². The molecule has 0 bridgehead atoms. The van der Waals surface area contributed by atoms with E-state index in [4.69, 9.17) is 14.2 Å². The fourth-order valence-electron chi connectivity index (χ4n) is 4.19. The van der Waals surface area contributed by atoms with Crippen molar-refractivity contribution in [2.75, 3.05) is 47.1 Å². The summed E-state index contributed by atoms with van der Waals surface area (Å²) in [6.07, 6.45) is 4.02. The number of H-pyrrole nitrogens is 1. The van der Waals surface area contributed by atoms with E-state index in [1.54, 1.807) is 14.2 Å². The maximum absolute atomic E-state index is 5.58. The molecule has 3 aromatic heterocycles. The quantitative estimate of drug-likeness (QED) is 0.531. The summed E-state index contributed by atoms with van der Waals surface area (Å²) in [5.74, 6) is 1.46. The minimum Gasteiger partial charge on any atom is -0.493 e. The second-order valence-corrected chi connectivity index (χ2v) is 7.54. The third-order valence-corrected chi connectivity index (χ3v) is 5.83. The Kier molecular flexibility index (Phi) is 5.06. The molecule has 4 aromatic rings. The molecule has 0 atom stereocenters. The molecule has 1 aliphatic rings. The van der Waals surface area contributed by atoms with Gasteiger partial charge in [0.2, 0.25) is 0 Å². The Labute approximate surface area is 175 Å². The maximum Gasteiger partial charge on any atom is 0.162 e. The topological polar surface area (TPSA) is 64.5 Å². The van der Waals surface area contributed by atoms with E-state index in [9.17, 15) is 0 Å². The number of aromatic nitrogens is 3. The summed E-state index contributed by atoms with van der Waals surface area (Å²) < 4.78 is 18.9. The summed E-state index contributed by atoms with van der Waals surface area (Å²) in [5.41, 5.74) is 4.20. The number of methoxy groups -OCH3 is 2. The lowest BCUT2D eigenvalue weighted by atomic mass is 10.1. The SMILES string of the molecule is COc1cc2c(-c3cc4cccnc4[nH]3)cn(CCN3CCOCC3)c2cc1OC. The lowest BCUT2D eigenvalue weighted by Gasteiger charge is -2.26. The van der Waals surface area contributed by atoms with Gasteiger partial charge in [-0.1, -0.05) is 0 Å². The van der Waals surface area contributed by atoms with E-state index < -0.39 is 0 Å². The summed E-state index contributed by atoms with van der Waals surface area (Å²) >= 11 is 0. The third kappa shape index (κ3) is 3.40. The van der Waals surface area contributed by atoms with Gasteiger partial charge >= 0.3 is 0 Å². The molecule has 1 N–H and O–H groups in total. The molecular weight excluding hydrogens is 380 g/mol. The fraction of sp³-hybridized carbons (Fsp3) is 0.348. The zero-order valence-corrected chi connectivity index (χ0v) is 17.4. The molecule has 0 radical (unpaired) electrons. The third-order valence-electron chi connectivity index (χ3n) is 5.83. The first-order valence-electron chi connectivity index (χ1n) is 10.3. The number of nitrogens with one attached hydrogen (secondary N) is 1. The summed E-state index contributed by atoms with van der Waals surface area (Å²) in [6, 6.07) is 10.3. The van der Waals surface area contributed by atoms with Crippen LogP contribution in [0.2, 0.25) is 0 Å². The number of rotatable bonds is 6. The van der Waals surface area contributed by atoms with Crippen molar-refractivity contribution in [3.63, 3.8) is 0 Å². The molecule has 0 saturated carbocycles. The van der Waals surface area contributed by atoms with Gasteiger partial charge in [-0.25, -0.2) is 4.98 Å². The van der Waals surface area contributed by atoms with Crippen LogP contribution in [0, 0.1) is 0 Å². The van der Waals surface area contributed by atoms with Gasteiger partial charge in [-0.15, -0.1) is 0 Å². The summed E-state index contributed by atoms with van der Waals surface area (Å²) in [6.45, 7) is 5.46. The number of ether oxygens (including phenoxy) is 3. The van der Waals surface area contributed by atoms with Gasteiger partial charge in [0.15, 0.2) is 11.5 Å². The standard InChI is InChI=1S/C23H26N4O3/c1-28-21-13-17-18(19-12-16-4-3-5-24-23(16)25-19)15-27(20(17)14-22(21)29-2)7-6-26-8-10-30-11-9-26/h3-5,12-15H,6-11H2,1-2H3,(H,24,25). The molecule has 0 spiro atoms. The van der Waals surface area contributed by atoms with E-state index in [0.29, 0.717) is 0 Å². The van der Waals surface area contributed by atoms with Gasteiger partial charge in [0.1, 0.15) is 5.65 Å². The molecule has 0 unspecified atom stereocenters. The van der Waals surface area contributed by atoms with Crippen LogP contribution >= 0.6 is 0 Å². The van der Waals surface area contributed by atoms with Crippen LogP contribution in [0.15, 0.2) is 42.7 Å². The Bertz CT molecular complexity index is 1140. The van der Waals surface area contributed by atoms with E-state index in [-0.39, 0.29) is 0 Å². The van der Waals surface area contributed by atoms with Crippen LogP contribution in [-0.2, 0) is 11.3 Å².